The first-order valence-corrected chi connectivity index (χ1v) is 8.81. The number of anilines is 1. The molecule has 0 saturated carbocycles. The van der Waals surface area contributed by atoms with Gasteiger partial charge >= 0.3 is 6.03 Å². The summed E-state index contributed by atoms with van der Waals surface area (Å²) in [5, 5.41) is 2.97. The average Bonchev–Trinajstić information content (AvgIpc) is 2.69. The lowest BCUT2D eigenvalue weighted by Crippen LogP contribution is -2.53. The van der Waals surface area contributed by atoms with Crippen LogP contribution in [0.15, 0.2) is 18.2 Å². The lowest BCUT2D eigenvalue weighted by molar-refractivity contribution is 0.00248. The van der Waals surface area contributed by atoms with Crippen molar-refractivity contribution in [2.45, 2.75) is 18.9 Å². The van der Waals surface area contributed by atoms with Crippen molar-refractivity contribution in [2.24, 2.45) is 0 Å². The van der Waals surface area contributed by atoms with Crippen molar-refractivity contribution in [1.29, 1.82) is 0 Å². The molecule has 0 radical (unpaired) electrons. The minimum absolute atomic E-state index is 0.0820. The molecule has 1 aromatic rings. The van der Waals surface area contributed by atoms with Crippen LogP contribution in [0.3, 0.4) is 0 Å². The van der Waals surface area contributed by atoms with Gasteiger partial charge < -0.3 is 24.4 Å². The summed E-state index contributed by atoms with van der Waals surface area (Å²) in [4.78, 5) is 17.0. The summed E-state index contributed by atoms with van der Waals surface area (Å²) in [7, 11) is 3.19. The van der Waals surface area contributed by atoms with Crippen LogP contribution in [-0.2, 0) is 4.74 Å². The molecule has 2 aliphatic rings. The first-order chi connectivity index (χ1) is 12.2. The lowest BCUT2D eigenvalue weighted by Gasteiger charge is -2.40. The molecule has 2 saturated heterocycles. The maximum Gasteiger partial charge on any atom is 0.322 e. The monoisotopic (exact) mass is 349 g/mol. The Labute approximate surface area is 148 Å². The van der Waals surface area contributed by atoms with E-state index in [0.717, 1.165) is 52.2 Å². The zero-order valence-corrected chi connectivity index (χ0v) is 15.0. The number of morpholine rings is 1. The standard InChI is InChI=1S/C18H27N3O4/c1-23-15-5-6-16(17(12-15)24-2)19-18(22)21-7-3-4-14(13-21)20-8-10-25-11-9-20/h5-6,12,14H,3-4,7-11,13H2,1-2H3,(H,19,22)/t14-/m0/s1. The molecule has 2 amide bonds. The molecule has 2 fully saturated rings. The second-order valence-corrected chi connectivity index (χ2v) is 6.39. The Morgan fingerprint density at radius 3 is 2.72 bits per heavy atom. The van der Waals surface area contributed by atoms with Gasteiger partial charge in [-0.3, -0.25) is 4.90 Å². The molecule has 0 spiro atoms. The number of hydrogen-bond donors (Lipinski definition) is 1. The highest BCUT2D eigenvalue weighted by Crippen LogP contribution is 2.29. The number of amides is 2. The molecule has 25 heavy (non-hydrogen) atoms. The van der Waals surface area contributed by atoms with Crippen molar-refractivity contribution in [2.75, 3.05) is 58.9 Å². The summed E-state index contributed by atoms with van der Waals surface area (Å²) in [6, 6.07) is 5.72. The molecule has 0 bridgehead atoms. The van der Waals surface area contributed by atoms with E-state index in [2.05, 4.69) is 10.2 Å². The maximum absolute atomic E-state index is 12.7. The number of benzene rings is 1. The van der Waals surface area contributed by atoms with E-state index in [-0.39, 0.29) is 6.03 Å². The van der Waals surface area contributed by atoms with Crippen LogP contribution < -0.4 is 14.8 Å². The molecule has 1 atom stereocenters. The first kappa shape index (κ1) is 17.8. The van der Waals surface area contributed by atoms with E-state index in [9.17, 15) is 4.79 Å². The number of ether oxygens (including phenoxy) is 3. The van der Waals surface area contributed by atoms with Crippen molar-refractivity contribution in [3.05, 3.63) is 18.2 Å². The second-order valence-electron chi connectivity index (χ2n) is 6.39. The van der Waals surface area contributed by atoms with Gasteiger partial charge in [0.25, 0.3) is 0 Å². The third-order valence-corrected chi connectivity index (χ3v) is 4.90. The van der Waals surface area contributed by atoms with Gasteiger partial charge in [0.05, 0.1) is 33.1 Å². The fourth-order valence-corrected chi connectivity index (χ4v) is 3.48. The van der Waals surface area contributed by atoms with Crippen LogP contribution in [0.25, 0.3) is 0 Å². The predicted molar refractivity (Wildman–Crippen MR) is 95.6 cm³/mol. The van der Waals surface area contributed by atoms with Crippen molar-refractivity contribution in [3.63, 3.8) is 0 Å². The van der Waals surface area contributed by atoms with Crippen molar-refractivity contribution >= 4 is 11.7 Å². The predicted octanol–water partition coefficient (Wildman–Crippen LogP) is 2.03. The second kappa shape index (κ2) is 8.40. The number of nitrogens with zero attached hydrogens (tertiary/aromatic N) is 2. The zero-order valence-electron chi connectivity index (χ0n) is 15.0. The van der Waals surface area contributed by atoms with Crippen molar-refractivity contribution < 1.29 is 19.0 Å². The van der Waals surface area contributed by atoms with Gasteiger partial charge in [0.1, 0.15) is 11.5 Å². The van der Waals surface area contributed by atoms with Gasteiger partial charge in [-0.15, -0.1) is 0 Å². The Kier molecular flexibility index (Phi) is 5.99. The largest absolute Gasteiger partial charge is 0.497 e. The fourth-order valence-electron chi connectivity index (χ4n) is 3.48. The van der Waals surface area contributed by atoms with Crippen LogP contribution in [0.4, 0.5) is 10.5 Å². The molecule has 0 aromatic heterocycles. The first-order valence-electron chi connectivity index (χ1n) is 8.81. The van der Waals surface area contributed by atoms with E-state index < -0.39 is 0 Å². The van der Waals surface area contributed by atoms with Crippen molar-refractivity contribution in [1.82, 2.24) is 9.80 Å². The number of urea groups is 1. The molecule has 1 N–H and O–H groups in total. The molecule has 2 aliphatic heterocycles. The molecule has 3 rings (SSSR count). The van der Waals surface area contributed by atoms with Gasteiger partial charge in [-0.25, -0.2) is 4.79 Å². The molecule has 7 nitrogen and oxygen atoms in total. The highest BCUT2D eigenvalue weighted by Gasteiger charge is 2.29. The lowest BCUT2D eigenvalue weighted by atomic mass is 10.0. The van der Waals surface area contributed by atoms with E-state index in [0.29, 0.717) is 23.2 Å². The molecule has 1 aromatic carbocycles. The van der Waals surface area contributed by atoms with Crippen LogP contribution in [0.1, 0.15) is 12.8 Å². The van der Waals surface area contributed by atoms with Crippen LogP contribution in [0.5, 0.6) is 11.5 Å². The summed E-state index contributed by atoms with van der Waals surface area (Å²) < 4.78 is 16.0. The molecule has 0 unspecified atom stereocenters. The highest BCUT2D eigenvalue weighted by molar-refractivity contribution is 5.91. The quantitative estimate of drug-likeness (QED) is 0.901. The van der Waals surface area contributed by atoms with Gasteiger partial charge in [0.2, 0.25) is 0 Å². The number of likely N-dealkylation sites (tertiary alicyclic amines) is 1. The van der Waals surface area contributed by atoms with Gasteiger partial charge in [-0.1, -0.05) is 0 Å². The summed E-state index contributed by atoms with van der Waals surface area (Å²) in [6.45, 7) is 5.01. The van der Waals surface area contributed by atoms with Crippen LogP contribution >= 0.6 is 0 Å². The molecule has 0 aliphatic carbocycles. The Morgan fingerprint density at radius 1 is 1.20 bits per heavy atom. The number of hydrogen-bond acceptors (Lipinski definition) is 5. The molecular formula is C18H27N3O4. The van der Waals surface area contributed by atoms with Crippen LogP contribution in [0.2, 0.25) is 0 Å². The summed E-state index contributed by atoms with van der Waals surface area (Å²) in [6.07, 6.45) is 2.16. The Morgan fingerprint density at radius 2 is 2.00 bits per heavy atom. The van der Waals surface area contributed by atoms with E-state index in [4.69, 9.17) is 14.2 Å². The number of rotatable bonds is 4. The topological polar surface area (TPSA) is 63.3 Å². The molecule has 138 valence electrons. The number of carbonyl (C=O) groups excluding carboxylic acids is 1. The number of nitrogens with one attached hydrogen (secondary N) is 1. The zero-order chi connectivity index (χ0) is 17.6. The fraction of sp³-hybridized carbons (Fsp3) is 0.611. The number of piperidine rings is 1. The molecular weight excluding hydrogens is 322 g/mol. The minimum atomic E-state index is -0.0820. The van der Waals surface area contributed by atoms with Gasteiger partial charge in [0.15, 0.2) is 0 Å². The Hall–Kier alpha value is -1.99. The molecule has 7 heteroatoms. The van der Waals surface area contributed by atoms with E-state index >= 15 is 0 Å². The smallest absolute Gasteiger partial charge is 0.322 e. The normalized spacial score (nSPS) is 21.7. The number of carbonyl (C=O) groups is 1. The van der Waals surface area contributed by atoms with E-state index in [1.54, 1.807) is 26.4 Å². The Bertz CT molecular complexity index is 590. The summed E-state index contributed by atoms with van der Waals surface area (Å²) >= 11 is 0. The van der Waals surface area contributed by atoms with Crippen molar-refractivity contribution in [3.8, 4) is 11.5 Å². The molecule has 2 heterocycles. The van der Waals surface area contributed by atoms with E-state index in [1.807, 2.05) is 11.0 Å². The third-order valence-electron chi connectivity index (χ3n) is 4.90. The minimum Gasteiger partial charge on any atom is -0.497 e. The summed E-state index contributed by atoms with van der Waals surface area (Å²) in [5.74, 6) is 1.29. The Balaban J connectivity index is 1.62. The highest BCUT2D eigenvalue weighted by atomic mass is 16.5. The van der Waals surface area contributed by atoms with Gasteiger partial charge in [-0.05, 0) is 25.0 Å². The maximum atomic E-state index is 12.7. The van der Waals surface area contributed by atoms with Crippen LogP contribution in [-0.4, -0.2) is 75.5 Å². The van der Waals surface area contributed by atoms with Crippen LogP contribution in [0, 0.1) is 0 Å². The third kappa shape index (κ3) is 4.35. The van der Waals surface area contributed by atoms with E-state index in [1.165, 1.54) is 0 Å². The summed E-state index contributed by atoms with van der Waals surface area (Å²) in [5.41, 5.74) is 0.654. The average molecular weight is 349 g/mol. The SMILES string of the molecule is COc1ccc(NC(=O)N2CCC[C@H](N3CCOCC3)C2)c(OC)c1. The number of methoxy groups -OCH3 is 2. The van der Waals surface area contributed by atoms with Gasteiger partial charge in [-0.2, -0.15) is 0 Å². The van der Waals surface area contributed by atoms with Gasteiger partial charge in [0, 0.05) is 38.3 Å².